The van der Waals surface area contributed by atoms with Crippen LogP contribution in [0, 0.1) is 6.92 Å². The fourth-order valence-corrected chi connectivity index (χ4v) is 4.07. The van der Waals surface area contributed by atoms with E-state index >= 15 is 0 Å². The summed E-state index contributed by atoms with van der Waals surface area (Å²) < 4.78 is 8.89. The maximum Gasteiger partial charge on any atom is 0.268 e. The number of rotatable bonds is 4. The summed E-state index contributed by atoms with van der Waals surface area (Å²) in [6, 6.07) is 15.8. The van der Waals surface area contributed by atoms with Crippen LogP contribution in [0.4, 0.5) is 0 Å². The van der Waals surface area contributed by atoms with Crippen molar-refractivity contribution in [1.82, 2.24) is 20.0 Å². The molecule has 1 aliphatic carbocycles. The fraction of sp³-hybridized carbons (Fsp3) is 0.227. The number of benzene rings is 2. The SMILES string of the molecule is Cc1c(-c2nnc(C3CCC3)o2)nn(-c2ccccc2Cl)c1-c1ccc(Br)cc1. The first-order valence-corrected chi connectivity index (χ1v) is 10.7. The number of para-hydroxylation sites is 1. The first-order chi connectivity index (χ1) is 14.1. The molecule has 5 nitrogen and oxygen atoms in total. The molecule has 0 radical (unpaired) electrons. The molecule has 1 saturated carbocycles. The van der Waals surface area contributed by atoms with Crippen LogP contribution in [0.3, 0.4) is 0 Å². The van der Waals surface area contributed by atoms with E-state index in [1.807, 2.05) is 48.0 Å². The van der Waals surface area contributed by atoms with Gasteiger partial charge in [-0.05, 0) is 44.0 Å². The molecule has 2 aromatic heterocycles. The molecular formula is C22H18BrClN4O. The van der Waals surface area contributed by atoms with Gasteiger partial charge in [-0.15, -0.1) is 10.2 Å². The molecule has 2 aromatic carbocycles. The molecule has 5 rings (SSSR count). The Bertz CT molecular complexity index is 1180. The standard InChI is InChI=1S/C22H18BrClN4O/c1-13-19(22-26-25-21(29-22)15-5-4-6-15)27-28(18-8-3-2-7-17(18)24)20(13)14-9-11-16(23)12-10-14/h2-3,7-12,15H,4-6H2,1H3. The minimum absolute atomic E-state index is 0.383. The van der Waals surface area contributed by atoms with Gasteiger partial charge < -0.3 is 4.42 Å². The van der Waals surface area contributed by atoms with E-state index in [-0.39, 0.29) is 0 Å². The zero-order valence-electron chi connectivity index (χ0n) is 15.8. The molecule has 146 valence electrons. The first-order valence-electron chi connectivity index (χ1n) is 9.56. The average Bonchev–Trinajstić information content (AvgIpc) is 3.26. The lowest BCUT2D eigenvalue weighted by molar-refractivity contribution is 0.338. The van der Waals surface area contributed by atoms with Crippen molar-refractivity contribution < 1.29 is 4.42 Å². The molecule has 0 N–H and O–H groups in total. The second kappa shape index (κ2) is 7.43. The second-order valence-corrected chi connectivity index (χ2v) is 8.59. The van der Waals surface area contributed by atoms with Crippen molar-refractivity contribution in [3.63, 3.8) is 0 Å². The summed E-state index contributed by atoms with van der Waals surface area (Å²) in [6.07, 6.45) is 3.44. The van der Waals surface area contributed by atoms with Gasteiger partial charge >= 0.3 is 0 Å². The Morgan fingerprint density at radius 3 is 2.52 bits per heavy atom. The molecular weight excluding hydrogens is 452 g/mol. The van der Waals surface area contributed by atoms with E-state index in [4.69, 9.17) is 21.1 Å². The monoisotopic (exact) mass is 468 g/mol. The Morgan fingerprint density at radius 2 is 1.83 bits per heavy atom. The molecule has 29 heavy (non-hydrogen) atoms. The quantitative estimate of drug-likeness (QED) is 0.339. The van der Waals surface area contributed by atoms with Crippen molar-refractivity contribution in [2.75, 3.05) is 0 Å². The van der Waals surface area contributed by atoms with Crippen molar-refractivity contribution in [3.8, 4) is 28.5 Å². The molecule has 0 atom stereocenters. The summed E-state index contributed by atoms with van der Waals surface area (Å²) >= 11 is 10.0. The van der Waals surface area contributed by atoms with Crippen LogP contribution in [-0.2, 0) is 0 Å². The number of hydrogen-bond acceptors (Lipinski definition) is 4. The normalized spacial score (nSPS) is 14.2. The van der Waals surface area contributed by atoms with Gasteiger partial charge in [0.25, 0.3) is 5.89 Å². The van der Waals surface area contributed by atoms with Crippen molar-refractivity contribution >= 4 is 27.5 Å². The van der Waals surface area contributed by atoms with Gasteiger partial charge in [-0.1, -0.05) is 58.2 Å². The number of hydrogen-bond donors (Lipinski definition) is 0. The zero-order chi connectivity index (χ0) is 20.0. The highest BCUT2D eigenvalue weighted by Gasteiger charge is 2.28. The van der Waals surface area contributed by atoms with E-state index in [0.29, 0.717) is 28.4 Å². The van der Waals surface area contributed by atoms with Gasteiger partial charge in [0, 0.05) is 21.5 Å². The van der Waals surface area contributed by atoms with E-state index in [1.165, 1.54) is 6.42 Å². The van der Waals surface area contributed by atoms with Crippen LogP contribution in [0.25, 0.3) is 28.5 Å². The third kappa shape index (κ3) is 3.30. The van der Waals surface area contributed by atoms with Gasteiger partial charge in [0.05, 0.1) is 16.4 Å². The van der Waals surface area contributed by atoms with Crippen LogP contribution >= 0.6 is 27.5 Å². The second-order valence-electron chi connectivity index (χ2n) is 7.27. The summed E-state index contributed by atoms with van der Waals surface area (Å²) in [5, 5.41) is 14.0. The van der Waals surface area contributed by atoms with E-state index < -0.39 is 0 Å². The third-order valence-corrected chi connectivity index (χ3v) is 6.27. The summed E-state index contributed by atoms with van der Waals surface area (Å²) in [4.78, 5) is 0. The zero-order valence-corrected chi connectivity index (χ0v) is 18.1. The Hall–Kier alpha value is -2.44. The van der Waals surface area contributed by atoms with Crippen LogP contribution in [0.1, 0.15) is 36.6 Å². The molecule has 0 aliphatic heterocycles. The van der Waals surface area contributed by atoms with Crippen LogP contribution in [0.2, 0.25) is 5.02 Å². The lowest BCUT2D eigenvalue weighted by Crippen LogP contribution is -2.08. The van der Waals surface area contributed by atoms with Gasteiger partial charge in [0.2, 0.25) is 5.89 Å². The fourth-order valence-electron chi connectivity index (χ4n) is 3.59. The van der Waals surface area contributed by atoms with Crippen molar-refractivity contribution in [1.29, 1.82) is 0 Å². The summed E-state index contributed by atoms with van der Waals surface area (Å²) in [5.74, 6) is 1.55. The van der Waals surface area contributed by atoms with Gasteiger partial charge in [-0.2, -0.15) is 5.10 Å². The smallest absolute Gasteiger partial charge is 0.268 e. The maximum absolute atomic E-state index is 6.50. The Kier molecular flexibility index (Phi) is 4.76. The Labute approximate surface area is 181 Å². The Balaban J connectivity index is 1.69. The molecule has 0 spiro atoms. The summed E-state index contributed by atoms with van der Waals surface area (Å²) in [5.41, 5.74) is 4.43. The van der Waals surface area contributed by atoms with Crippen molar-refractivity contribution in [3.05, 3.63) is 69.5 Å². The molecule has 0 amide bonds. The minimum atomic E-state index is 0.383. The minimum Gasteiger partial charge on any atom is -0.419 e. The Morgan fingerprint density at radius 1 is 1.07 bits per heavy atom. The van der Waals surface area contributed by atoms with Crippen LogP contribution in [-0.4, -0.2) is 20.0 Å². The molecule has 7 heteroatoms. The number of aromatic nitrogens is 4. The highest BCUT2D eigenvalue weighted by Crippen LogP contribution is 2.39. The van der Waals surface area contributed by atoms with Gasteiger partial charge in [-0.3, -0.25) is 0 Å². The van der Waals surface area contributed by atoms with E-state index in [1.54, 1.807) is 0 Å². The molecule has 0 bridgehead atoms. The van der Waals surface area contributed by atoms with E-state index in [2.05, 4.69) is 38.3 Å². The molecule has 2 heterocycles. The average molecular weight is 470 g/mol. The molecule has 0 unspecified atom stereocenters. The maximum atomic E-state index is 6.50. The van der Waals surface area contributed by atoms with Crippen LogP contribution in [0.15, 0.2) is 57.4 Å². The highest BCUT2D eigenvalue weighted by atomic mass is 79.9. The number of halogens is 2. The van der Waals surface area contributed by atoms with Crippen molar-refractivity contribution in [2.24, 2.45) is 0 Å². The molecule has 1 fully saturated rings. The van der Waals surface area contributed by atoms with Gasteiger partial charge in [0.15, 0.2) is 5.69 Å². The number of nitrogens with zero attached hydrogens (tertiary/aromatic N) is 4. The largest absolute Gasteiger partial charge is 0.419 e. The molecule has 0 saturated heterocycles. The first kappa shape index (κ1) is 18.6. The summed E-state index contributed by atoms with van der Waals surface area (Å²) in [6.45, 7) is 2.03. The summed E-state index contributed by atoms with van der Waals surface area (Å²) in [7, 11) is 0. The predicted octanol–water partition coefficient (Wildman–Crippen LogP) is 6.58. The van der Waals surface area contributed by atoms with Crippen LogP contribution < -0.4 is 0 Å². The molecule has 1 aliphatic rings. The predicted molar refractivity (Wildman–Crippen MR) is 116 cm³/mol. The van der Waals surface area contributed by atoms with Crippen LogP contribution in [0.5, 0.6) is 0 Å². The lowest BCUT2D eigenvalue weighted by atomic mass is 9.85. The third-order valence-electron chi connectivity index (χ3n) is 5.42. The topological polar surface area (TPSA) is 56.7 Å². The molecule has 4 aromatic rings. The van der Waals surface area contributed by atoms with Crippen molar-refractivity contribution in [2.45, 2.75) is 32.1 Å². The van der Waals surface area contributed by atoms with E-state index in [0.717, 1.165) is 39.8 Å². The lowest BCUT2D eigenvalue weighted by Gasteiger charge is -2.20. The van der Waals surface area contributed by atoms with E-state index in [9.17, 15) is 0 Å². The van der Waals surface area contributed by atoms with Gasteiger partial charge in [0.1, 0.15) is 0 Å². The van der Waals surface area contributed by atoms with Gasteiger partial charge in [-0.25, -0.2) is 4.68 Å². The highest BCUT2D eigenvalue weighted by molar-refractivity contribution is 9.10.